The van der Waals surface area contributed by atoms with Crippen molar-refractivity contribution in [2.24, 2.45) is 0 Å². The van der Waals surface area contributed by atoms with Gasteiger partial charge in [-0.05, 0) is 30.7 Å². The average Bonchev–Trinajstić information content (AvgIpc) is 3.36. The van der Waals surface area contributed by atoms with Crippen molar-refractivity contribution in [1.82, 2.24) is 25.5 Å². The lowest BCUT2D eigenvalue weighted by Crippen LogP contribution is -2.36. The molecule has 1 N–H and O–H groups in total. The number of aromatic nitrogens is 3. The van der Waals surface area contributed by atoms with Crippen molar-refractivity contribution in [1.29, 1.82) is 0 Å². The van der Waals surface area contributed by atoms with Crippen LogP contribution in [0.2, 0.25) is 0 Å². The van der Waals surface area contributed by atoms with E-state index in [1.54, 1.807) is 20.2 Å². The van der Waals surface area contributed by atoms with Gasteiger partial charge in [-0.2, -0.15) is 4.98 Å². The minimum absolute atomic E-state index is 0.219. The molecular weight excluding hydrogens is 362 g/mol. The normalized spacial score (nSPS) is 10.7. The predicted molar refractivity (Wildman–Crippen MR) is 100 cm³/mol. The molecule has 2 aromatic heterocycles. The number of aryl methyl sites for hydroxylation is 1. The summed E-state index contributed by atoms with van der Waals surface area (Å²) in [5.41, 5.74) is 1.59. The number of methoxy groups -OCH3 is 1. The number of carbonyl (C=O) groups is 1. The molecule has 2 heterocycles. The maximum atomic E-state index is 12.2. The van der Waals surface area contributed by atoms with Crippen LogP contribution in [0.25, 0.3) is 11.3 Å². The minimum Gasteiger partial charge on any atom is -0.497 e. The van der Waals surface area contributed by atoms with E-state index in [0.717, 1.165) is 24.2 Å². The number of benzene rings is 1. The van der Waals surface area contributed by atoms with E-state index in [9.17, 15) is 4.79 Å². The number of nitrogens with one attached hydrogen (secondary N) is 1. The summed E-state index contributed by atoms with van der Waals surface area (Å²) in [5.74, 6) is 2.38. The summed E-state index contributed by atoms with van der Waals surface area (Å²) in [6.45, 7) is 2.49. The Morgan fingerprint density at radius 2 is 2.00 bits per heavy atom. The summed E-state index contributed by atoms with van der Waals surface area (Å²) in [6, 6.07) is 9.00. The van der Waals surface area contributed by atoms with E-state index >= 15 is 0 Å². The zero-order valence-corrected chi connectivity index (χ0v) is 16.1. The van der Waals surface area contributed by atoms with E-state index in [-0.39, 0.29) is 19.1 Å². The first kappa shape index (κ1) is 19.4. The number of nitrogens with zero attached hydrogens (tertiary/aromatic N) is 4. The first-order valence-corrected chi connectivity index (χ1v) is 8.99. The van der Waals surface area contributed by atoms with Gasteiger partial charge in [0.05, 0.1) is 13.7 Å². The van der Waals surface area contributed by atoms with Crippen molar-refractivity contribution in [3.8, 4) is 17.0 Å². The number of urea groups is 1. The average molecular weight is 385 g/mol. The fourth-order valence-corrected chi connectivity index (χ4v) is 2.55. The van der Waals surface area contributed by atoms with Gasteiger partial charge >= 0.3 is 6.03 Å². The lowest BCUT2D eigenvalue weighted by Gasteiger charge is -2.14. The molecule has 0 unspecified atom stereocenters. The van der Waals surface area contributed by atoms with Crippen LogP contribution >= 0.6 is 0 Å². The molecule has 2 amide bonds. The maximum Gasteiger partial charge on any atom is 0.317 e. The number of carbonyl (C=O) groups excluding carboxylic acids is 1. The zero-order chi connectivity index (χ0) is 19.9. The van der Waals surface area contributed by atoms with Crippen LogP contribution in [0.1, 0.15) is 30.8 Å². The standard InChI is InChI=1S/C19H23N5O4/c1-4-5-17-21-18(28-23-17)12-24(2)19(25)20-11-15-10-16(22-27-15)13-6-8-14(26-3)9-7-13/h6-10H,4-5,11-12H2,1-3H3,(H,20,25). The molecule has 148 valence electrons. The molecule has 0 atom stereocenters. The molecule has 0 aliphatic carbocycles. The SMILES string of the molecule is CCCc1noc(CN(C)C(=O)NCc2cc(-c3ccc(OC)cc3)no2)n1. The number of rotatable bonds is 8. The summed E-state index contributed by atoms with van der Waals surface area (Å²) < 4.78 is 15.6. The molecule has 0 radical (unpaired) electrons. The molecular formula is C19H23N5O4. The molecule has 0 bridgehead atoms. The Kier molecular flexibility index (Phi) is 6.25. The molecule has 0 saturated heterocycles. The van der Waals surface area contributed by atoms with Crippen molar-refractivity contribution >= 4 is 6.03 Å². The van der Waals surface area contributed by atoms with E-state index in [4.69, 9.17) is 13.8 Å². The van der Waals surface area contributed by atoms with E-state index in [1.807, 2.05) is 31.2 Å². The number of amides is 2. The van der Waals surface area contributed by atoms with Crippen LogP contribution < -0.4 is 10.1 Å². The third-order valence-electron chi connectivity index (χ3n) is 4.06. The van der Waals surface area contributed by atoms with Gasteiger partial charge in [0.2, 0.25) is 5.89 Å². The largest absolute Gasteiger partial charge is 0.497 e. The molecule has 28 heavy (non-hydrogen) atoms. The van der Waals surface area contributed by atoms with Crippen LogP contribution in [0.5, 0.6) is 5.75 Å². The monoisotopic (exact) mass is 385 g/mol. The number of hydrogen-bond acceptors (Lipinski definition) is 7. The third kappa shape index (κ3) is 4.87. The first-order valence-electron chi connectivity index (χ1n) is 8.99. The Hall–Kier alpha value is -3.36. The second-order valence-corrected chi connectivity index (χ2v) is 6.28. The molecule has 0 spiro atoms. The predicted octanol–water partition coefficient (Wildman–Crippen LogP) is 3.03. The van der Waals surface area contributed by atoms with Crippen LogP contribution in [0.3, 0.4) is 0 Å². The third-order valence-corrected chi connectivity index (χ3v) is 4.06. The van der Waals surface area contributed by atoms with Crippen LogP contribution in [-0.2, 0) is 19.5 Å². The van der Waals surface area contributed by atoms with E-state index in [1.165, 1.54) is 4.90 Å². The topological polar surface area (TPSA) is 107 Å². The molecule has 1 aromatic carbocycles. The summed E-state index contributed by atoms with van der Waals surface area (Å²) in [5, 5.41) is 10.7. The van der Waals surface area contributed by atoms with Crippen molar-refractivity contribution in [3.63, 3.8) is 0 Å². The quantitative estimate of drug-likeness (QED) is 0.635. The van der Waals surface area contributed by atoms with Gasteiger partial charge < -0.3 is 24.0 Å². The lowest BCUT2D eigenvalue weighted by molar-refractivity contribution is 0.197. The molecule has 0 aliphatic rings. The van der Waals surface area contributed by atoms with Gasteiger partial charge in [-0.3, -0.25) is 0 Å². The van der Waals surface area contributed by atoms with E-state index in [2.05, 4.69) is 20.6 Å². The number of hydrogen-bond donors (Lipinski definition) is 1. The van der Waals surface area contributed by atoms with E-state index < -0.39 is 0 Å². The van der Waals surface area contributed by atoms with Gasteiger partial charge in [0.25, 0.3) is 0 Å². The lowest BCUT2D eigenvalue weighted by atomic mass is 10.1. The van der Waals surface area contributed by atoms with Crippen molar-refractivity contribution in [2.75, 3.05) is 14.2 Å². The fourth-order valence-electron chi connectivity index (χ4n) is 2.55. The Bertz CT molecular complexity index is 903. The summed E-state index contributed by atoms with van der Waals surface area (Å²) in [6.07, 6.45) is 1.69. The zero-order valence-electron chi connectivity index (χ0n) is 16.1. The fraction of sp³-hybridized carbons (Fsp3) is 0.368. The highest BCUT2D eigenvalue weighted by Crippen LogP contribution is 2.22. The van der Waals surface area contributed by atoms with Crippen molar-refractivity contribution in [2.45, 2.75) is 32.9 Å². The van der Waals surface area contributed by atoms with Crippen LogP contribution in [0.4, 0.5) is 4.79 Å². The molecule has 3 rings (SSSR count). The Balaban J connectivity index is 1.51. The van der Waals surface area contributed by atoms with Gasteiger partial charge in [0, 0.05) is 25.1 Å². The minimum atomic E-state index is -0.280. The highest BCUT2D eigenvalue weighted by Gasteiger charge is 2.15. The first-order chi connectivity index (χ1) is 13.6. The van der Waals surface area contributed by atoms with Gasteiger partial charge in [-0.15, -0.1) is 0 Å². The van der Waals surface area contributed by atoms with Gasteiger partial charge in [-0.25, -0.2) is 4.79 Å². The molecule has 0 saturated carbocycles. The Morgan fingerprint density at radius 1 is 1.21 bits per heavy atom. The highest BCUT2D eigenvalue weighted by molar-refractivity contribution is 5.73. The summed E-state index contributed by atoms with van der Waals surface area (Å²) >= 11 is 0. The number of ether oxygens (including phenoxy) is 1. The molecule has 0 fully saturated rings. The van der Waals surface area contributed by atoms with Crippen molar-refractivity contribution < 1.29 is 18.6 Å². The Morgan fingerprint density at radius 3 is 2.71 bits per heavy atom. The van der Waals surface area contributed by atoms with Gasteiger partial charge in [-0.1, -0.05) is 17.2 Å². The smallest absolute Gasteiger partial charge is 0.317 e. The van der Waals surface area contributed by atoms with E-state index in [0.29, 0.717) is 23.2 Å². The van der Waals surface area contributed by atoms with Crippen molar-refractivity contribution in [3.05, 3.63) is 47.8 Å². The highest BCUT2D eigenvalue weighted by atomic mass is 16.5. The van der Waals surface area contributed by atoms with Gasteiger partial charge in [0.15, 0.2) is 11.6 Å². The van der Waals surface area contributed by atoms with Gasteiger partial charge in [0.1, 0.15) is 18.0 Å². The Labute approximate surface area is 162 Å². The molecule has 0 aliphatic heterocycles. The molecule has 9 nitrogen and oxygen atoms in total. The van der Waals surface area contributed by atoms with Crippen LogP contribution in [0.15, 0.2) is 39.4 Å². The second-order valence-electron chi connectivity index (χ2n) is 6.28. The molecule has 9 heteroatoms. The summed E-state index contributed by atoms with van der Waals surface area (Å²) in [4.78, 5) is 18.0. The molecule has 3 aromatic rings. The maximum absolute atomic E-state index is 12.2. The summed E-state index contributed by atoms with van der Waals surface area (Å²) in [7, 11) is 3.27. The van der Waals surface area contributed by atoms with Crippen LogP contribution in [-0.4, -0.2) is 40.4 Å². The second kappa shape index (κ2) is 9.03. The van der Waals surface area contributed by atoms with Crippen LogP contribution in [0, 0.1) is 0 Å².